The van der Waals surface area contributed by atoms with Gasteiger partial charge >= 0.3 is 5.97 Å². The van der Waals surface area contributed by atoms with Crippen LogP contribution >= 0.6 is 0 Å². The summed E-state index contributed by atoms with van der Waals surface area (Å²) in [6.07, 6.45) is 12.4. The standard InChI is InChI=1S/C33H46N2O7/c1-21(2)32(39)34-24(5)33(40)42-29-16-11-9-7-8-10-15-28(41-6)20-30(37)35-26-17-25(18-27(36)19-26)14-12-13-22(3)31(38)23(29)4/h7-11,13,15,17-19,21,23-24,28-29,31,36,38H,12,14,16,20H2,1-6H3,(H,34,39)(H,35,37)/t23-,24+,28-,29-,31-/m0/s1. The highest BCUT2D eigenvalue weighted by atomic mass is 16.5. The molecule has 0 unspecified atom stereocenters. The van der Waals surface area contributed by atoms with Crippen LogP contribution in [-0.4, -0.2) is 59.5 Å². The number of hydrogen-bond acceptors (Lipinski definition) is 7. The number of nitrogens with one attached hydrogen (secondary N) is 2. The third kappa shape index (κ3) is 11.7. The number of ether oxygens (including phenoxy) is 2. The minimum absolute atomic E-state index is 0.0415. The van der Waals surface area contributed by atoms with Gasteiger partial charge in [-0.05, 0) is 50.0 Å². The molecule has 9 heteroatoms. The lowest BCUT2D eigenvalue weighted by molar-refractivity contribution is -0.156. The van der Waals surface area contributed by atoms with Gasteiger partial charge in [0.25, 0.3) is 0 Å². The Kier molecular flexibility index (Phi) is 14.2. The zero-order chi connectivity index (χ0) is 31.2. The molecule has 0 saturated heterocycles. The van der Waals surface area contributed by atoms with Crippen molar-refractivity contribution < 1.29 is 34.1 Å². The van der Waals surface area contributed by atoms with Crippen molar-refractivity contribution in [2.45, 2.75) is 84.7 Å². The Balaban J connectivity index is 2.32. The molecule has 9 nitrogen and oxygen atoms in total. The molecule has 5 atom stereocenters. The predicted octanol–water partition coefficient (Wildman–Crippen LogP) is 4.76. The van der Waals surface area contributed by atoms with Crippen LogP contribution in [0.15, 0.2) is 66.3 Å². The van der Waals surface area contributed by atoms with E-state index in [0.29, 0.717) is 24.9 Å². The molecular formula is C33H46N2O7. The van der Waals surface area contributed by atoms with E-state index in [9.17, 15) is 24.6 Å². The second kappa shape index (κ2) is 17.3. The molecule has 0 aliphatic carbocycles. The average molecular weight is 583 g/mol. The Bertz CT molecular complexity index is 1180. The van der Waals surface area contributed by atoms with Crippen LogP contribution in [0.1, 0.15) is 59.4 Å². The maximum absolute atomic E-state index is 12.9. The minimum atomic E-state index is -0.880. The Morgan fingerprint density at radius 3 is 2.50 bits per heavy atom. The summed E-state index contributed by atoms with van der Waals surface area (Å²) in [6.45, 7) is 8.73. The molecule has 2 bridgehead atoms. The highest BCUT2D eigenvalue weighted by molar-refractivity contribution is 5.91. The van der Waals surface area contributed by atoms with Crippen LogP contribution in [0.4, 0.5) is 5.69 Å². The first kappa shape index (κ1) is 34.5. The monoisotopic (exact) mass is 582 g/mol. The van der Waals surface area contributed by atoms with Gasteiger partial charge < -0.3 is 30.3 Å². The van der Waals surface area contributed by atoms with Crippen LogP contribution in [0.2, 0.25) is 0 Å². The average Bonchev–Trinajstić information content (AvgIpc) is 2.93. The lowest BCUT2D eigenvalue weighted by Crippen LogP contribution is -2.44. The highest BCUT2D eigenvalue weighted by Crippen LogP contribution is 2.24. The molecule has 0 saturated carbocycles. The van der Waals surface area contributed by atoms with Gasteiger partial charge in [-0.25, -0.2) is 4.79 Å². The van der Waals surface area contributed by atoms with Gasteiger partial charge in [-0.2, -0.15) is 0 Å². The van der Waals surface area contributed by atoms with Gasteiger partial charge in [0.15, 0.2) is 0 Å². The van der Waals surface area contributed by atoms with Crippen molar-refractivity contribution in [1.29, 1.82) is 0 Å². The molecule has 1 aromatic rings. The lowest BCUT2D eigenvalue weighted by Gasteiger charge is -2.29. The van der Waals surface area contributed by atoms with Crippen molar-refractivity contribution in [1.82, 2.24) is 5.32 Å². The summed E-state index contributed by atoms with van der Waals surface area (Å²) in [6, 6.07) is 4.11. The highest BCUT2D eigenvalue weighted by Gasteiger charge is 2.30. The summed E-state index contributed by atoms with van der Waals surface area (Å²) in [5.41, 5.74) is 2.04. The van der Waals surface area contributed by atoms with E-state index in [-0.39, 0.29) is 29.9 Å². The first-order chi connectivity index (χ1) is 19.9. The first-order valence-corrected chi connectivity index (χ1v) is 14.4. The fraction of sp³-hybridized carbons (Fsp3) is 0.485. The molecule has 0 spiro atoms. The lowest BCUT2D eigenvalue weighted by atomic mass is 9.90. The normalized spacial score (nSPS) is 23.3. The molecule has 0 radical (unpaired) electrons. The zero-order valence-electron chi connectivity index (χ0n) is 25.5. The number of rotatable bonds is 5. The van der Waals surface area contributed by atoms with Gasteiger partial charge in [-0.3, -0.25) is 9.59 Å². The number of fused-ring (bicyclic) bond motifs is 2. The number of aromatic hydroxyl groups is 1. The molecule has 1 heterocycles. The third-order valence-electron chi connectivity index (χ3n) is 7.07. The molecule has 2 amide bonds. The van der Waals surface area contributed by atoms with Crippen molar-refractivity contribution in [3.8, 4) is 5.75 Å². The van der Waals surface area contributed by atoms with Crippen LogP contribution in [0, 0.1) is 11.8 Å². The van der Waals surface area contributed by atoms with E-state index in [1.54, 1.807) is 51.1 Å². The van der Waals surface area contributed by atoms with E-state index in [0.717, 1.165) is 11.1 Å². The van der Waals surface area contributed by atoms with E-state index < -0.39 is 36.2 Å². The van der Waals surface area contributed by atoms with E-state index in [4.69, 9.17) is 9.47 Å². The van der Waals surface area contributed by atoms with Crippen LogP contribution in [0.3, 0.4) is 0 Å². The quantitative estimate of drug-likeness (QED) is 0.291. The predicted molar refractivity (Wildman–Crippen MR) is 164 cm³/mol. The number of benzene rings is 1. The zero-order valence-corrected chi connectivity index (χ0v) is 25.5. The number of phenols is 1. The van der Waals surface area contributed by atoms with Gasteiger partial charge in [0.1, 0.15) is 17.9 Å². The number of phenolic OH excluding ortho intramolecular Hbond substituents is 1. The van der Waals surface area contributed by atoms with Crippen molar-refractivity contribution in [2.24, 2.45) is 11.8 Å². The number of carbonyl (C=O) groups excluding carboxylic acids is 3. The Morgan fingerprint density at radius 1 is 1.10 bits per heavy atom. The SMILES string of the molecule is CO[C@H]1C=CC=CC=CC[C@H](OC(=O)[C@@H](C)NC(=O)C(C)C)[C@H](C)[C@@H](O)C(C)=CCCc2cc(O)cc(c2)NC(=O)C1. The number of aryl methyl sites for hydroxylation is 1. The number of aliphatic hydroxyl groups is 1. The van der Waals surface area contributed by atoms with E-state index in [1.165, 1.54) is 13.2 Å². The van der Waals surface area contributed by atoms with Crippen LogP contribution in [0.25, 0.3) is 0 Å². The first-order valence-electron chi connectivity index (χ1n) is 14.4. The number of esters is 1. The summed E-state index contributed by atoms with van der Waals surface area (Å²) < 4.78 is 11.2. The molecule has 230 valence electrons. The maximum atomic E-state index is 12.9. The summed E-state index contributed by atoms with van der Waals surface area (Å²) in [7, 11) is 1.53. The van der Waals surface area contributed by atoms with Gasteiger partial charge in [0.2, 0.25) is 11.8 Å². The van der Waals surface area contributed by atoms with E-state index >= 15 is 0 Å². The van der Waals surface area contributed by atoms with Crippen LogP contribution in [-0.2, 0) is 30.3 Å². The fourth-order valence-corrected chi connectivity index (χ4v) is 4.39. The van der Waals surface area contributed by atoms with E-state index in [1.807, 2.05) is 38.1 Å². The Hall–Kier alpha value is -3.69. The molecule has 4 N–H and O–H groups in total. The molecule has 0 fully saturated rings. The van der Waals surface area contributed by atoms with Crippen LogP contribution in [0.5, 0.6) is 5.75 Å². The van der Waals surface area contributed by atoms with Crippen LogP contribution < -0.4 is 10.6 Å². The van der Waals surface area contributed by atoms with Gasteiger partial charge in [-0.1, -0.05) is 63.3 Å². The summed E-state index contributed by atoms with van der Waals surface area (Å²) in [5.74, 6) is -1.73. The topological polar surface area (TPSA) is 134 Å². The molecule has 0 aromatic heterocycles. The van der Waals surface area contributed by atoms with Gasteiger partial charge in [0.05, 0.1) is 18.6 Å². The number of amides is 2. The second-order valence-corrected chi connectivity index (χ2v) is 11.0. The summed E-state index contributed by atoms with van der Waals surface area (Å²) in [4.78, 5) is 37.5. The molecular weight excluding hydrogens is 536 g/mol. The number of methoxy groups -OCH3 is 1. The number of anilines is 1. The number of carbonyl (C=O) groups is 3. The van der Waals surface area contributed by atoms with Crippen molar-refractivity contribution >= 4 is 23.5 Å². The summed E-state index contributed by atoms with van der Waals surface area (Å²) >= 11 is 0. The number of allylic oxidation sites excluding steroid dienone is 5. The van der Waals surface area contributed by atoms with E-state index in [2.05, 4.69) is 10.6 Å². The van der Waals surface area contributed by atoms with Gasteiger partial charge in [-0.15, -0.1) is 0 Å². The fourth-order valence-electron chi connectivity index (χ4n) is 4.39. The molecule has 42 heavy (non-hydrogen) atoms. The number of aliphatic hydroxyl groups excluding tert-OH is 1. The van der Waals surface area contributed by atoms with Crippen molar-refractivity contribution in [3.05, 3.63) is 71.9 Å². The molecule has 1 aromatic carbocycles. The Morgan fingerprint density at radius 2 is 1.81 bits per heavy atom. The smallest absolute Gasteiger partial charge is 0.328 e. The molecule has 1 aliphatic rings. The van der Waals surface area contributed by atoms with Crippen molar-refractivity contribution in [3.63, 3.8) is 0 Å². The third-order valence-corrected chi connectivity index (χ3v) is 7.07. The maximum Gasteiger partial charge on any atom is 0.328 e. The second-order valence-electron chi connectivity index (χ2n) is 11.0. The molecule has 1 aliphatic heterocycles. The Labute approximate surface area is 249 Å². The minimum Gasteiger partial charge on any atom is -0.508 e. The number of hydrogen-bond donors (Lipinski definition) is 4. The van der Waals surface area contributed by atoms with Crippen molar-refractivity contribution in [2.75, 3.05) is 12.4 Å². The molecule has 2 rings (SSSR count). The van der Waals surface area contributed by atoms with Gasteiger partial charge in [0, 0.05) is 37.1 Å². The summed E-state index contributed by atoms with van der Waals surface area (Å²) in [5, 5.41) is 26.9. The largest absolute Gasteiger partial charge is 0.508 e.